The molecule has 0 bridgehead atoms. The van der Waals surface area contributed by atoms with Crippen LogP contribution in [0.1, 0.15) is 18.9 Å². The highest BCUT2D eigenvalue weighted by atomic mass is 32.2. The van der Waals surface area contributed by atoms with Crippen molar-refractivity contribution in [3.63, 3.8) is 0 Å². The topological polar surface area (TPSA) is 114 Å². The number of benzene rings is 2. The van der Waals surface area contributed by atoms with Crippen LogP contribution in [0.2, 0.25) is 0 Å². The molecule has 11 heteroatoms. The first-order valence-corrected chi connectivity index (χ1v) is 10.0. The van der Waals surface area contributed by atoms with Crippen LogP contribution in [-0.4, -0.2) is 27.8 Å². The van der Waals surface area contributed by atoms with Crippen LogP contribution in [-0.2, 0) is 10.0 Å². The number of imidazole rings is 1. The van der Waals surface area contributed by atoms with Gasteiger partial charge in [0.05, 0.1) is 11.4 Å². The Morgan fingerprint density at radius 2 is 1.76 bits per heavy atom. The predicted octanol–water partition coefficient (Wildman–Crippen LogP) is 2.46. The van der Waals surface area contributed by atoms with E-state index < -0.39 is 44.0 Å². The van der Waals surface area contributed by atoms with Gasteiger partial charge in [-0.25, -0.2) is 26.6 Å². The van der Waals surface area contributed by atoms with Crippen LogP contribution in [0.5, 0.6) is 11.8 Å². The molecule has 1 aliphatic carbocycles. The Bertz CT molecular complexity index is 1280. The SMILES string of the molecule is O=c1n(-c2cccc(NS(=O)(=O)c3ccc(F)cc3F)c2)c(O)c(O)n1C1CC1. The van der Waals surface area contributed by atoms with Crippen molar-refractivity contribution in [2.75, 3.05) is 4.72 Å². The molecule has 0 spiro atoms. The number of nitrogens with zero attached hydrogens (tertiary/aromatic N) is 2. The Balaban J connectivity index is 1.72. The van der Waals surface area contributed by atoms with Crippen molar-refractivity contribution in [1.29, 1.82) is 0 Å². The van der Waals surface area contributed by atoms with E-state index in [1.54, 1.807) is 0 Å². The second kappa shape index (κ2) is 6.62. The van der Waals surface area contributed by atoms with Crippen LogP contribution in [0.4, 0.5) is 14.5 Å². The molecular weight excluding hydrogens is 408 g/mol. The molecule has 2 aromatic carbocycles. The molecule has 1 fully saturated rings. The normalized spacial score (nSPS) is 14.1. The first kappa shape index (κ1) is 19.0. The third kappa shape index (κ3) is 3.33. The Morgan fingerprint density at radius 1 is 1.03 bits per heavy atom. The summed E-state index contributed by atoms with van der Waals surface area (Å²) in [5.41, 5.74) is -0.620. The molecule has 0 aliphatic heterocycles. The molecule has 0 saturated heterocycles. The molecule has 0 atom stereocenters. The number of halogens is 2. The van der Waals surface area contributed by atoms with Crippen molar-refractivity contribution in [3.05, 3.63) is 64.6 Å². The average Bonchev–Trinajstić information content (AvgIpc) is 3.43. The maximum Gasteiger partial charge on any atom is 0.338 e. The minimum absolute atomic E-state index is 0.0313. The van der Waals surface area contributed by atoms with Crippen molar-refractivity contribution < 1.29 is 27.4 Å². The van der Waals surface area contributed by atoms with Crippen LogP contribution in [0.3, 0.4) is 0 Å². The van der Waals surface area contributed by atoms with Crippen LogP contribution in [0.25, 0.3) is 5.69 Å². The highest BCUT2D eigenvalue weighted by molar-refractivity contribution is 7.92. The van der Waals surface area contributed by atoms with Crippen LogP contribution in [0.15, 0.2) is 52.2 Å². The molecular formula is C18H15F2N3O5S. The summed E-state index contributed by atoms with van der Waals surface area (Å²) in [5, 5.41) is 20.2. The van der Waals surface area contributed by atoms with E-state index in [2.05, 4.69) is 4.72 Å². The zero-order valence-electron chi connectivity index (χ0n) is 14.7. The Labute approximate surface area is 163 Å². The van der Waals surface area contributed by atoms with Gasteiger partial charge in [0.1, 0.15) is 16.5 Å². The van der Waals surface area contributed by atoms with Gasteiger partial charge in [0.2, 0.25) is 0 Å². The van der Waals surface area contributed by atoms with Gasteiger partial charge < -0.3 is 10.2 Å². The fourth-order valence-electron chi connectivity index (χ4n) is 3.00. The largest absolute Gasteiger partial charge is 0.491 e. The van der Waals surface area contributed by atoms with Gasteiger partial charge in [0.15, 0.2) is 0 Å². The maximum absolute atomic E-state index is 13.9. The van der Waals surface area contributed by atoms with Crippen molar-refractivity contribution in [2.24, 2.45) is 0 Å². The van der Waals surface area contributed by atoms with Gasteiger partial charge in [0, 0.05) is 12.1 Å². The van der Waals surface area contributed by atoms with E-state index in [4.69, 9.17) is 0 Å². The molecule has 0 unspecified atom stereocenters. The summed E-state index contributed by atoms with van der Waals surface area (Å²) in [6.45, 7) is 0. The molecule has 1 saturated carbocycles. The molecule has 1 heterocycles. The molecule has 3 aromatic rings. The number of hydrogen-bond acceptors (Lipinski definition) is 5. The van der Waals surface area contributed by atoms with E-state index >= 15 is 0 Å². The average molecular weight is 423 g/mol. The minimum atomic E-state index is -4.38. The van der Waals surface area contributed by atoms with E-state index in [0.717, 1.165) is 21.3 Å². The van der Waals surface area contributed by atoms with E-state index in [0.29, 0.717) is 18.9 Å². The lowest BCUT2D eigenvalue weighted by atomic mass is 10.3. The summed E-state index contributed by atoms with van der Waals surface area (Å²) in [4.78, 5) is 11.8. The molecule has 0 radical (unpaired) electrons. The van der Waals surface area contributed by atoms with Gasteiger partial charge in [-0.15, -0.1) is 0 Å². The fraction of sp³-hybridized carbons (Fsp3) is 0.167. The molecule has 1 aliphatic rings. The predicted molar refractivity (Wildman–Crippen MR) is 98.8 cm³/mol. The van der Waals surface area contributed by atoms with Crippen LogP contribution in [0, 0.1) is 11.6 Å². The summed E-state index contributed by atoms with van der Waals surface area (Å²) < 4.78 is 55.8. The monoisotopic (exact) mass is 423 g/mol. The summed E-state index contributed by atoms with van der Waals surface area (Å²) in [7, 11) is -4.38. The van der Waals surface area contributed by atoms with E-state index in [1.807, 2.05) is 0 Å². The third-order valence-electron chi connectivity index (χ3n) is 4.49. The second-order valence-electron chi connectivity index (χ2n) is 6.60. The Hall–Kier alpha value is -3.34. The summed E-state index contributed by atoms with van der Waals surface area (Å²) in [5.74, 6) is -3.42. The Morgan fingerprint density at radius 3 is 2.41 bits per heavy atom. The summed E-state index contributed by atoms with van der Waals surface area (Å²) in [6.07, 6.45) is 1.39. The van der Waals surface area contributed by atoms with Gasteiger partial charge in [-0.2, -0.15) is 0 Å². The van der Waals surface area contributed by atoms with E-state index in [9.17, 15) is 32.2 Å². The number of sulfonamides is 1. The molecule has 29 heavy (non-hydrogen) atoms. The quantitative estimate of drug-likeness (QED) is 0.584. The number of anilines is 1. The standard InChI is InChI=1S/C18H15F2N3O5S/c19-10-4-7-15(14(20)8-10)29(27,28)21-11-2-1-3-13(9-11)23-17(25)16(24)22(18(23)26)12-5-6-12/h1-4,7-9,12,21,24-25H,5-6H2. The lowest BCUT2D eigenvalue weighted by molar-refractivity contribution is 0.363. The summed E-state index contributed by atoms with van der Waals surface area (Å²) >= 11 is 0. The number of rotatable bonds is 5. The van der Waals surface area contributed by atoms with Gasteiger partial charge in [0.25, 0.3) is 21.8 Å². The van der Waals surface area contributed by atoms with Crippen LogP contribution >= 0.6 is 0 Å². The van der Waals surface area contributed by atoms with E-state index in [-0.39, 0.29) is 17.4 Å². The number of nitrogens with one attached hydrogen (secondary N) is 1. The molecule has 8 nitrogen and oxygen atoms in total. The number of hydrogen-bond donors (Lipinski definition) is 3. The number of aromatic hydroxyl groups is 2. The van der Waals surface area contributed by atoms with Crippen molar-refractivity contribution >= 4 is 15.7 Å². The molecule has 1 aromatic heterocycles. The van der Waals surface area contributed by atoms with Gasteiger partial charge in [-0.3, -0.25) is 9.29 Å². The van der Waals surface area contributed by atoms with Crippen LogP contribution < -0.4 is 10.4 Å². The van der Waals surface area contributed by atoms with Gasteiger partial charge in [-0.1, -0.05) is 6.07 Å². The van der Waals surface area contributed by atoms with Gasteiger partial charge in [-0.05, 0) is 43.2 Å². The van der Waals surface area contributed by atoms with Gasteiger partial charge >= 0.3 is 5.69 Å². The first-order valence-electron chi connectivity index (χ1n) is 8.52. The molecule has 4 rings (SSSR count). The van der Waals surface area contributed by atoms with Crippen molar-refractivity contribution in [1.82, 2.24) is 9.13 Å². The maximum atomic E-state index is 13.9. The zero-order valence-corrected chi connectivity index (χ0v) is 15.5. The smallest absolute Gasteiger partial charge is 0.338 e. The van der Waals surface area contributed by atoms with E-state index in [1.165, 1.54) is 24.3 Å². The molecule has 152 valence electrons. The number of aromatic nitrogens is 2. The first-order chi connectivity index (χ1) is 13.7. The fourth-order valence-corrected chi connectivity index (χ4v) is 4.11. The lowest BCUT2D eigenvalue weighted by Crippen LogP contribution is -2.22. The Kier molecular flexibility index (Phi) is 4.34. The van der Waals surface area contributed by atoms with Crippen molar-refractivity contribution in [2.45, 2.75) is 23.8 Å². The second-order valence-corrected chi connectivity index (χ2v) is 8.25. The highest BCUT2D eigenvalue weighted by Crippen LogP contribution is 2.40. The lowest BCUT2D eigenvalue weighted by Gasteiger charge is -2.10. The summed E-state index contributed by atoms with van der Waals surface area (Å²) in [6, 6.07) is 7.28. The highest BCUT2D eigenvalue weighted by Gasteiger charge is 2.32. The third-order valence-corrected chi connectivity index (χ3v) is 5.90. The zero-order chi connectivity index (χ0) is 20.9. The van der Waals surface area contributed by atoms with Crippen molar-refractivity contribution in [3.8, 4) is 17.4 Å². The molecule has 0 amide bonds. The minimum Gasteiger partial charge on any atom is -0.491 e. The molecule has 3 N–H and O–H groups in total.